The van der Waals surface area contributed by atoms with Crippen molar-refractivity contribution >= 4 is 5.97 Å². The number of hydrogen-bond donors (Lipinski definition) is 1. The number of H-pyrrole nitrogens is 1. The van der Waals surface area contributed by atoms with Crippen molar-refractivity contribution in [3.63, 3.8) is 0 Å². The van der Waals surface area contributed by atoms with E-state index in [4.69, 9.17) is 9.47 Å². The molecule has 140 valence electrons. The van der Waals surface area contributed by atoms with Crippen LogP contribution in [0.1, 0.15) is 34.0 Å². The largest absolute Gasteiger partial charge is 0.497 e. The minimum atomic E-state index is -0.421. The van der Waals surface area contributed by atoms with Crippen LogP contribution < -0.4 is 4.74 Å². The zero-order chi connectivity index (χ0) is 19.2. The lowest BCUT2D eigenvalue weighted by Gasteiger charge is -2.04. The average molecular weight is 365 g/mol. The lowest BCUT2D eigenvalue weighted by atomic mass is 10.2. The lowest BCUT2D eigenvalue weighted by molar-refractivity contribution is 0.0493. The zero-order valence-corrected chi connectivity index (χ0v) is 15.8. The first-order chi connectivity index (χ1) is 13.1. The number of pyridine rings is 1. The predicted molar refractivity (Wildman–Crippen MR) is 103 cm³/mol. The number of nitrogens with one attached hydrogen (secondary N) is 1. The number of benzene rings is 1. The molecule has 0 spiro atoms. The summed E-state index contributed by atoms with van der Waals surface area (Å²) in [5, 5.41) is 0. The molecular formula is C21H23N3O3. The molecule has 3 aromatic rings. The molecule has 0 fully saturated rings. The van der Waals surface area contributed by atoms with Gasteiger partial charge < -0.3 is 14.5 Å². The highest BCUT2D eigenvalue weighted by atomic mass is 16.5. The molecule has 0 bridgehead atoms. The van der Waals surface area contributed by atoms with E-state index in [0.29, 0.717) is 30.2 Å². The van der Waals surface area contributed by atoms with Crippen LogP contribution in [0.3, 0.4) is 0 Å². The average Bonchev–Trinajstić information content (AvgIpc) is 3.07. The molecule has 0 atom stereocenters. The molecule has 0 saturated heterocycles. The minimum Gasteiger partial charge on any atom is -0.497 e. The summed E-state index contributed by atoms with van der Waals surface area (Å²) in [4.78, 5) is 24.3. The van der Waals surface area contributed by atoms with Gasteiger partial charge in [-0.05, 0) is 51.0 Å². The molecule has 0 aliphatic rings. The second-order valence-electron chi connectivity index (χ2n) is 6.30. The minimum absolute atomic E-state index is 0.307. The van der Waals surface area contributed by atoms with Gasteiger partial charge in [-0.1, -0.05) is 18.2 Å². The van der Waals surface area contributed by atoms with Crippen LogP contribution in [0.2, 0.25) is 0 Å². The van der Waals surface area contributed by atoms with Crippen LogP contribution >= 0.6 is 0 Å². The summed E-state index contributed by atoms with van der Waals surface area (Å²) in [5.74, 6) is 0.924. The Morgan fingerprint density at radius 1 is 1.11 bits per heavy atom. The maximum atomic E-state index is 12.4. The summed E-state index contributed by atoms with van der Waals surface area (Å²) in [6, 6.07) is 13.4. The lowest BCUT2D eigenvalue weighted by Crippen LogP contribution is -2.09. The molecular weight excluding hydrogens is 342 g/mol. The Bertz CT molecular complexity index is 934. The van der Waals surface area contributed by atoms with Gasteiger partial charge in [0.25, 0.3) is 0 Å². The molecule has 1 N–H and O–H groups in total. The maximum absolute atomic E-state index is 12.4. The van der Waals surface area contributed by atoms with Crippen LogP contribution in [0.4, 0.5) is 0 Å². The number of carbonyl (C=O) groups excluding carboxylic acids is 1. The zero-order valence-electron chi connectivity index (χ0n) is 15.8. The smallest absolute Gasteiger partial charge is 0.358 e. The molecule has 0 amide bonds. The van der Waals surface area contributed by atoms with Gasteiger partial charge in [0, 0.05) is 22.6 Å². The van der Waals surface area contributed by atoms with E-state index in [1.807, 2.05) is 56.3 Å². The van der Waals surface area contributed by atoms with Crippen LogP contribution in [0, 0.1) is 13.8 Å². The number of hydrogen-bond acceptors (Lipinski definition) is 5. The van der Waals surface area contributed by atoms with E-state index < -0.39 is 5.97 Å². The molecule has 1 aromatic carbocycles. The highest BCUT2D eigenvalue weighted by Gasteiger charge is 2.17. The Morgan fingerprint density at radius 3 is 2.70 bits per heavy atom. The molecule has 0 aliphatic heterocycles. The predicted octanol–water partition coefficient (Wildman–Crippen LogP) is 3.89. The van der Waals surface area contributed by atoms with E-state index >= 15 is 0 Å². The highest BCUT2D eigenvalue weighted by Crippen LogP contribution is 2.22. The van der Waals surface area contributed by atoms with E-state index in [9.17, 15) is 4.79 Å². The molecule has 0 aliphatic carbocycles. The molecule has 3 rings (SSSR count). The Hall–Kier alpha value is -3.15. The molecule has 0 radical (unpaired) electrons. The Labute approximate surface area is 158 Å². The SMILES string of the molecule is COc1cccc(-c2nc(C(=O)OCCCc3cccc(C)n3)c(C)[nH]2)c1. The molecule has 6 nitrogen and oxygen atoms in total. The van der Waals surface area contributed by atoms with Gasteiger partial charge in [0.1, 0.15) is 11.6 Å². The number of methoxy groups -OCH3 is 1. The third-order valence-electron chi connectivity index (χ3n) is 4.18. The molecule has 27 heavy (non-hydrogen) atoms. The second-order valence-corrected chi connectivity index (χ2v) is 6.30. The third-order valence-corrected chi connectivity index (χ3v) is 4.18. The number of nitrogens with zero attached hydrogens (tertiary/aromatic N) is 2. The Morgan fingerprint density at radius 2 is 1.93 bits per heavy atom. The van der Waals surface area contributed by atoms with Crippen molar-refractivity contribution in [1.29, 1.82) is 0 Å². The number of imidazole rings is 1. The van der Waals surface area contributed by atoms with Gasteiger partial charge in [-0.3, -0.25) is 4.98 Å². The molecule has 2 heterocycles. The second kappa shape index (κ2) is 8.49. The summed E-state index contributed by atoms with van der Waals surface area (Å²) in [6.45, 7) is 4.10. The topological polar surface area (TPSA) is 77.1 Å². The van der Waals surface area contributed by atoms with E-state index in [1.165, 1.54) is 0 Å². The molecule has 6 heteroatoms. The van der Waals surface area contributed by atoms with Crippen molar-refractivity contribution in [2.75, 3.05) is 13.7 Å². The maximum Gasteiger partial charge on any atom is 0.358 e. The first-order valence-corrected chi connectivity index (χ1v) is 8.87. The number of aromatic nitrogens is 3. The standard InChI is InChI=1S/C21H23N3O3/c1-14-7-4-9-17(22-14)10-6-12-27-21(25)19-15(2)23-20(24-19)16-8-5-11-18(13-16)26-3/h4-5,7-9,11,13H,6,10,12H2,1-3H3,(H,23,24). The van der Waals surface area contributed by atoms with Crippen molar-refractivity contribution < 1.29 is 14.3 Å². The monoisotopic (exact) mass is 365 g/mol. The summed E-state index contributed by atoms with van der Waals surface area (Å²) < 4.78 is 10.6. The van der Waals surface area contributed by atoms with E-state index in [1.54, 1.807) is 7.11 Å². The first kappa shape index (κ1) is 18.6. The number of carbonyl (C=O) groups is 1. The number of ether oxygens (including phenoxy) is 2. The van der Waals surface area contributed by atoms with Gasteiger partial charge in [0.05, 0.1) is 13.7 Å². The summed E-state index contributed by atoms with van der Waals surface area (Å²) in [6.07, 6.45) is 1.48. The van der Waals surface area contributed by atoms with Gasteiger partial charge in [-0.25, -0.2) is 9.78 Å². The third kappa shape index (κ3) is 4.73. The van der Waals surface area contributed by atoms with Gasteiger partial charge in [0.15, 0.2) is 5.69 Å². The summed E-state index contributed by atoms with van der Waals surface area (Å²) in [7, 11) is 1.61. The number of aryl methyl sites for hydroxylation is 3. The van der Waals surface area contributed by atoms with E-state index in [-0.39, 0.29) is 0 Å². The van der Waals surface area contributed by atoms with Gasteiger partial charge in [-0.15, -0.1) is 0 Å². The summed E-state index contributed by atoms with van der Waals surface area (Å²) >= 11 is 0. The van der Waals surface area contributed by atoms with Crippen molar-refractivity contribution in [2.45, 2.75) is 26.7 Å². The molecule has 0 unspecified atom stereocenters. The van der Waals surface area contributed by atoms with Crippen molar-refractivity contribution in [1.82, 2.24) is 15.0 Å². The van der Waals surface area contributed by atoms with Gasteiger partial charge in [-0.2, -0.15) is 0 Å². The fraction of sp³-hybridized carbons (Fsp3) is 0.286. The first-order valence-electron chi connectivity index (χ1n) is 8.87. The van der Waals surface area contributed by atoms with Gasteiger partial charge in [0.2, 0.25) is 0 Å². The molecule has 2 aromatic heterocycles. The molecule has 0 saturated carbocycles. The normalized spacial score (nSPS) is 10.6. The number of esters is 1. The quantitative estimate of drug-likeness (QED) is 0.508. The van der Waals surface area contributed by atoms with Crippen LogP contribution in [0.5, 0.6) is 5.75 Å². The van der Waals surface area contributed by atoms with Crippen LogP contribution in [0.25, 0.3) is 11.4 Å². The van der Waals surface area contributed by atoms with E-state index in [2.05, 4.69) is 15.0 Å². The van der Waals surface area contributed by atoms with Gasteiger partial charge >= 0.3 is 5.97 Å². The Kier molecular flexibility index (Phi) is 5.86. The fourth-order valence-electron chi connectivity index (χ4n) is 2.79. The van der Waals surface area contributed by atoms with Crippen molar-refractivity contribution in [3.05, 3.63) is 65.2 Å². The van der Waals surface area contributed by atoms with Crippen molar-refractivity contribution in [3.8, 4) is 17.1 Å². The Balaban J connectivity index is 1.59. The fourth-order valence-corrected chi connectivity index (χ4v) is 2.79. The van der Waals surface area contributed by atoms with Crippen LogP contribution in [0.15, 0.2) is 42.5 Å². The van der Waals surface area contributed by atoms with Crippen LogP contribution in [-0.2, 0) is 11.2 Å². The van der Waals surface area contributed by atoms with Crippen molar-refractivity contribution in [2.24, 2.45) is 0 Å². The summed E-state index contributed by atoms with van der Waals surface area (Å²) in [5.41, 5.74) is 3.82. The number of rotatable bonds is 7. The highest BCUT2D eigenvalue weighted by molar-refractivity contribution is 5.89. The van der Waals surface area contributed by atoms with E-state index in [0.717, 1.165) is 29.1 Å². The number of aromatic amines is 1. The van der Waals surface area contributed by atoms with Crippen LogP contribution in [-0.4, -0.2) is 34.6 Å².